The lowest BCUT2D eigenvalue weighted by molar-refractivity contribution is 0.423. The number of anilines is 1. The quantitative estimate of drug-likeness (QED) is 0.842. The van der Waals surface area contributed by atoms with Crippen molar-refractivity contribution in [3.8, 4) is 0 Å². The lowest BCUT2D eigenvalue weighted by Crippen LogP contribution is -2.35. The Morgan fingerprint density at radius 3 is 2.33 bits per heavy atom. The van der Waals surface area contributed by atoms with Gasteiger partial charge in [0.15, 0.2) is 0 Å². The van der Waals surface area contributed by atoms with E-state index in [2.05, 4.69) is 47.9 Å². The smallest absolute Gasteiger partial charge is 0.224 e. The topological polar surface area (TPSA) is 41.1 Å². The molecule has 0 unspecified atom stereocenters. The number of rotatable bonds is 6. The summed E-state index contributed by atoms with van der Waals surface area (Å²) in [7, 11) is 2.04. The molecule has 0 saturated carbocycles. The molecule has 0 aliphatic rings. The van der Waals surface area contributed by atoms with Gasteiger partial charge in [-0.25, -0.2) is 9.97 Å². The molecule has 1 aromatic rings. The Bertz CT molecular complexity index is 340. The van der Waals surface area contributed by atoms with Gasteiger partial charge in [-0.05, 0) is 27.2 Å². The molecule has 1 heterocycles. The largest absolute Gasteiger partial charge is 0.344 e. The maximum absolute atomic E-state index is 4.41. The second-order valence-electron chi connectivity index (χ2n) is 5.77. The van der Waals surface area contributed by atoms with Gasteiger partial charge < -0.3 is 10.2 Å². The third-order valence-electron chi connectivity index (χ3n) is 2.70. The Hall–Kier alpha value is -1.16. The number of nitrogens with zero attached hydrogens (tertiary/aromatic N) is 3. The van der Waals surface area contributed by atoms with Crippen LogP contribution in [0.4, 0.5) is 5.95 Å². The molecule has 0 atom stereocenters. The van der Waals surface area contributed by atoms with Gasteiger partial charge in [0.25, 0.3) is 0 Å². The number of aromatic nitrogens is 2. The normalized spacial score (nSPS) is 11.6. The highest BCUT2D eigenvalue weighted by Gasteiger charge is 2.09. The minimum absolute atomic E-state index is 0.122. The van der Waals surface area contributed by atoms with Crippen molar-refractivity contribution in [2.75, 3.05) is 18.5 Å². The van der Waals surface area contributed by atoms with Crippen LogP contribution in [0.1, 0.15) is 46.1 Å². The molecule has 0 spiro atoms. The first-order chi connectivity index (χ1) is 8.42. The van der Waals surface area contributed by atoms with E-state index in [0.29, 0.717) is 0 Å². The maximum atomic E-state index is 4.41. The van der Waals surface area contributed by atoms with Crippen LogP contribution in [0.5, 0.6) is 0 Å². The van der Waals surface area contributed by atoms with Crippen LogP contribution >= 0.6 is 0 Å². The molecule has 1 N–H and O–H groups in total. The molecular weight excluding hydrogens is 224 g/mol. The van der Waals surface area contributed by atoms with Crippen LogP contribution in [0.2, 0.25) is 0 Å². The molecule has 0 aliphatic heterocycles. The Morgan fingerprint density at radius 2 is 1.83 bits per heavy atom. The molecule has 0 amide bonds. The molecule has 4 heteroatoms. The predicted octanol–water partition coefficient (Wildman–Crippen LogP) is 2.60. The Balaban J connectivity index is 2.52. The first-order valence-corrected chi connectivity index (χ1v) is 6.69. The zero-order chi connectivity index (χ0) is 13.6. The van der Waals surface area contributed by atoms with E-state index in [1.807, 2.05) is 19.4 Å². The van der Waals surface area contributed by atoms with Crippen molar-refractivity contribution in [2.45, 2.75) is 52.6 Å². The second-order valence-corrected chi connectivity index (χ2v) is 5.77. The lowest BCUT2D eigenvalue weighted by Gasteiger charge is -2.21. The van der Waals surface area contributed by atoms with Crippen molar-refractivity contribution in [1.82, 2.24) is 15.3 Å². The zero-order valence-electron chi connectivity index (χ0n) is 12.3. The van der Waals surface area contributed by atoms with Crippen LogP contribution in [-0.4, -0.2) is 29.1 Å². The fourth-order valence-corrected chi connectivity index (χ4v) is 1.50. The summed E-state index contributed by atoms with van der Waals surface area (Å²) in [6.07, 6.45) is 6.18. The summed E-state index contributed by atoms with van der Waals surface area (Å²) in [4.78, 5) is 10.9. The fraction of sp³-hybridized carbons (Fsp3) is 0.714. The summed E-state index contributed by atoms with van der Waals surface area (Å²) in [6, 6.07) is 0. The van der Waals surface area contributed by atoms with Gasteiger partial charge in [0.05, 0.1) is 0 Å². The number of hydrogen-bond donors (Lipinski definition) is 1. The van der Waals surface area contributed by atoms with Crippen LogP contribution in [0.25, 0.3) is 0 Å². The van der Waals surface area contributed by atoms with Gasteiger partial charge in [-0.15, -0.1) is 0 Å². The van der Waals surface area contributed by atoms with Crippen LogP contribution in [0, 0.1) is 0 Å². The minimum Gasteiger partial charge on any atom is -0.344 e. The van der Waals surface area contributed by atoms with E-state index in [1.165, 1.54) is 12.8 Å². The molecule has 1 rings (SSSR count). The highest BCUT2D eigenvalue weighted by molar-refractivity contribution is 5.28. The number of nitrogens with one attached hydrogen (secondary N) is 1. The van der Waals surface area contributed by atoms with E-state index in [4.69, 9.17) is 0 Å². The fourth-order valence-electron chi connectivity index (χ4n) is 1.50. The van der Waals surface area contributed by atoms with E-state index >= 15 is 0 Å². The highest BCUT2D eigenvalue weighted by atomic mass is 15.2. The van der Waals surface area contributed by atoms with Crippen molar-refractivity contribution in [2.24, 2.45) is 0 Å². The van der Waals surface area contributed by atoms with Gasteiger partial charge in [-0.1, -0.05) is 13.3 Å². The van der Waals surface area contributed by atoms with Gasteiger partial charge in [0.2, 0.25) is 5.95 Å². The molecular formula is C14H26N4. The Labute approximate surface area is 111 Å². The van der Waals surface area contributed by atoms with E-state index in [9.17, 15) is 0 Å². The third-order valence-corrected chi connectivity index (χ3v) is 2.70. The van der Waals surface area contributed by atoms with Crippen LogP contribution < -0.4 is 10.2 Å². The minimum atomic E-state index is 0.122. The standard InChI is InChI=1S/C14H26N4/c1-6-7-8-18(5)13-15-9-12(10-16-13)11-17-14(2,3)4/h9-10,17H,6-8,11H2,1-5H3. The number of hydrogen-bond acceptors (Lipinski definition) is 4. The second kappa shape index (κ2) is 6.69. The van der Waals surface area contributed by atoms with Crippen LogP contribution in [-0.2, 0) is 6.54 Å². The van der Waals surface area contributed by atoms with E-state index in [0.717, 1.165) is 24.6 Å². The molecule has 0 bridgehead atoms. The average Bonchev–Trinajstić information content (AvgIpc) is 2.33. The molecule has 0 fully saturated rings. The summed E-state index contributed by atoms with van der Waals surface area (Å²) in [5.41, 5.74) is 1.24. The van der Waals surface area contributed by atoms with E-state index in [1.54, 1.807) is 0 Å². The van der Waals surface area contributed by atoms with E-state index < -0.39 is 0 Å². The molecule has 0 aromatic carbocycles. The third kappa shape index (κ3) is 5.45. The average molecular weight is 250 g/mol. The van der Waals surface area contributed by atoms with Crippen molar-refractivity contribution in [3.63, 3.8) is 0 Å². The molecule has 18 heavy (non-hydrogen) atoms. The summed E-state index contributed by atoms with van der Waals surface area (Å²) < 4.78 is 0. The summed E-state index contributed by atoms with van der Waals surface area (Å²) in [5.74, 6) is 0.808. The maximum Gasteiger partial charge on any atom is 0.224 e. The predicted molar refractivity (Wildman–Crippen MR) is 76.8 cm³/mol. The van der Waals surface area contributed by atoms with Gasteiger partial charge in [-0.3, -0.25) is 0 Å². The van der Waals surface area contributed by atoms with Gasteiger partial charge in [0, 0.05) is 43.6 Å². The Morgan fingerprint density at radius 1 is 1.22 bits per heavy atom. The first-order valence-electron chi connectivity index (χ1n) is 6.69. The molecule has 1 aromatic heterocycles. The zero-order valence-corrected chi connectivity index (χ0v) is 12.3. The highest BCUT2D eigenvalue weighted by Crippen LogP contribution is 2.07. The van der Waals surface area contributed by atoms with Gasteiger partial charge in [-0.2, -0.15) is 0 Å². The van der Waals surface area contributed by atoms with Gasteiger partial charge >= 0.3 is 0 Å². The molecule has 0 saturated heterocycles. The Kier molecular flexibility index (Phi) is 5.54. The SMILES string of the molecule is CCCCN(C)c1ncc(CNC(C)(C)C)cn1. The van der Waals surface area contributed by atoms with Crippen LogP contribution in [0.15, 0.2) is 12.4 Å². The lowest BCUT2D eigenvalue weighted by atomic mass is 10.1. The summed E-state index contributed by atoms with van der Waals surface area (Å²) in [6.45, 7) is 10.5. The van der Waals surface area contributed by atoms with Crippen molar-refractivity contribution in [1.29, 1.82) is 0 Å². The van der Waals surface area contributed by atoms with Crippen molar-refractivity contribution in [3.05, 3.63) is 18.0 Å². The first kappa shape index (κ1) is 14.9. The molecule has 102 valence electrons. The number of unbranched alkanes of at least 4 members (excludes halogenated alkanes) is 1. The molecule has 0 radical (unpaired) electrons. The summed E-state index contributed by atoms with van der Waals surface area (Å²) >= 11 is 0. The van der Waals surface area contributed by atoms with Crippen molar-refractivity contribution < 1.29 is 0 Å². The monoisotopic (exact) mass is 250 g/mol. The summed E-state index contributed by atoms with van der Waals surface area (Å²) in [5, 5.41) is 3.43. The van der Waals surface area contributed by atoms with Gasteiger partial charge in [0.1, 0.15) is 0 Å². The molecule has 0 aliphatic carbocycles. The van der Waals surface area contributed by atoms with Crippen LogP contribution in [0.3, 0.4) is 0 Å². The molecule has 4 nitrogen and oxygen atoms in total. The van der Waals surface area contributed by atoms with Crippen molar-refractivity contribution >= 4 is 5.95 Å². The van der Waals surface area contributed by atoms with E-state index in [-0.39, 0.29) is 5.54 Å².